The third kappa shape index (κ3) is 4.54. The number of aromatic nitrogens is 2. The molecule has 0 unspecified atom stereocenters. The van der Waals surface area contributed by atoms with E-state index in [2.05, 4.69) is 76.6 Å². The largest absolute Gasteiger partial charge is 0.356 e. The number of imidazole rings is 1. The summed E-state index contributed by atoms with van der Waals surface area (Å²) in [6.45, 7) is 3.47. The lowest BCUT2D eigenvalue weighted by atomic mass is 10.0. The number of aryl methyl sites for hydroxylation is 1. The molecule has 0 bridgehead atoms. The van der Waals surface area contributed by atoms with Crippen molar-refractivity contribution >= 4 is 27.7 Å². The number of unbranched alkanes of at least 4 members (excludes halogenated alkanes) is 2. The van der Waals surface area contributed by atoms with Gasteiger partial charge in [-0.2, -0.15) is 0 Å². The van der Waals surface area contributed by atoms with Gasteiger partial charge >= 0.3 is 0 Å². The molecule has 1 amide bonds. The van der Waals surface area contributed by atoms with E-state index in [0.29, 0.717) is 6.42 Å². The number of amides is 1. The van der Waals surface area contributed by atoms with E-state index in [-0.39, 0.29) is 5.91 Å². The monoisotopic (exact) mass is 399 g/mol. The number of nitrogens with zero attached hydrogens (tertiary/aromatic N) is 2. The topological polar surface area (TPSA) is 46.9 Å². The smallest absolute Gasteiger partial charge is 0.219 e. The zero-order valence-electron chi connectivity index (χ0n) is 17.6. The summed E-state index contributed by atoms with van der Waals surface area (Å²) in [5.74, 6) is 1.27. The van der Waals surface area contributed by atoms with Gasteiger partial charge in [-0.05, 0) is 41.3 Å². The average Bonchev–Trinajstić information content (AvgIpc) is 3.13. The van der Waals surface area contributed by atoms with Gasteiger partial charge in [0.15, 0.2) is 0 Å². The Morgan fingerprint density at radius 1 is 0.933 bits per heavy atom. The molecule has 0 aliphatic carbocycles. The molecule has 0 aliphatic rings. The number of fused-ring (bicyclic) bond motifs is 2. The first-order valence-corrected chi connectivity index (χ1v) is 10.9. The predicted octanol–water partition coefficient (Wildman–Crippen LogP) is 5.48. The molecule has 0 saturated heterocycles. The Kier molecular flexibility index (Phi) is 6.43. The van der Waals surface area contributed by atoms with Gasteiger partial charge in [0.2, 0.25) is 5.91 Å². The van der Waals surface area contributed by atoms with Crippen molar-refractivity contribution in [1.29, 1.82) is 0 Å². The molecule has 0 radical (unpaired) electrons. The highest BCUT2D eigenvalue weighted by Gasteiger charge is 2.12. The molecule has 0 spiro atoms. The fraction of sp³-hybridized carbons (Fsp3) is 0.308. The summed E-state index contributed by atoms with van der Waals surface area (Å²) in [4.78, 5) is 16.3. The summed E-state index contributed by atoms with van der Waals surface area (Å²) in [7, 11) is 0. The lowest BCUT2D eigenvalue weighted by Gasteiger charge is -2.12. The Hall–Kier alpha value is -3.14. The van der Waals surface area contributed by atoms with Gasteiger partial charge in [0, 0.05) is 25.9 Å². The van der Waals surface area contributed by atoms with Gasteiger partial charge in [-0.25, -0.2) is 4.98 Å². The Morgan fingerprint density at radius 3 is 2.63 bits per heavy atom. The number of rotatable bonds is 9. The summed E-state index contributed by atoms with van der Waals surface area (Å²) in [6.07, 6.45) is 4.66. The van der Waals surface area contributed by atoms with Crippen LogP contribution < -0.4 is 5.32 Å². The second kappa shape index (κ2) is 9.57. The van der Waals surface area contributed by atoms with Gasteiger partial charge in [-0.3, -0.25) is 4.79 Å². The fourth-order valence-electron chi connectivity index (χ4n) is 4.03. The SMILES string of the molecule is CCC(=O)NCCCCCc1nc2ccccc2n1Cc1cccc2ccccc12. The molecule has 154 valence electrons. The highest BCUT2D eigenvalue weighted by molar-refractivity contribution is 5.86. The first kappa shape index (κ1) is 20.1. The van der Waals surface area contributed by atoms with Crippen molar-refractivity contribution in [2.75, 3.05) is 6.54 Å². The van der Waals surface area contributed by atoms with E-state index < -0.39 is 0 Å². The van der Waals surface area contributed by atoms with Crippen LogP contribution in [0.2, 0.25) is 0 Å². The zero-order valence-corrected chi connectivity index (χ0v) is 17.6. The van der Waals surface area contributed by atoms with Crippen LogP contribution in [0.5, 0.6) is 0 Å². The van der Waals surface area contributed by atoms with Crippen LogP contribution >= 0.6 is 0 Å². The van der Waals surface area contributed by atoms with Crippen LogP contribution in [-0.4, -0.2) is 22.0 Å². The molecule has 4 heteroatoms. The molecule has 0 fully saturated rings. The number of nitrogens with one attached hydrogen (secondary N) is 1. The second-order valence-electron chi connectivity index (χ2n) is 7.76. The van der Waals surface area contributed by atoms with Crippen molar-refractivity contribution in [3.05, 3.63) is 78.1 Å². The van der Waals surface area contributed by atoms with Gasteiger partial charge < -0.3 is 9.88 Å². The Labute approximate surface area is 177 Å². The van der Waals surface area contributed by atoms with Gasteiger partial charge in [-0.1, -0.05) is 67.9 Å². The van der Waals surface area contributed by atoms with Crippen LogP contribution in [0.15, 0.2) is 66.7 Å². The molecule has 4 nitrogen and oxygen atoms in total. The zero-order chi connectivity index (χ0) is 20.8. The molecule has 0 atom stereocenters. The highest BCUT2D eigenvalue weighted by atomic mass is 16.1. The molecule has 0 saturated carbocycles. The summed E-state index contributed by atoms with van der Waals surface area (Å²) < 4.78 is 2.37. The maximum atomic E-state index is 11.4. The molecule has 1 N–H and O–H groups in total. The molecule has 30 heavy (non-hydrogen) atoms. The van der Waals surface area contributed by atoms with Crippen molar-refractivity contribution in [1.82, 2.24) is 14.9 Å². The quantitative estimate of drug-likeness (QED) is 0.379. The van der Waals surface area contributed by atoms with Gasteiger partial charge in [0.25, 0.3) is 0 Å². The van der Waals surface area contributed by atoms with E-state index in [0.717, 1.165) is 50.1 Å². The summed E-state index contributed by atoms with van der Waals surface area (Å²) in [5, 5.41) is 5.53. The van der Waals surface area contributed by atoms with Crippen molar-refractivity contribution in [3.63, 3.8) is 0 Å². The van der Waals surface area contributed by atoms with Crippen LogP contribution in [0.4, 0.5) is 0 Å². The Balaban J connectivity index is 1.51. The van der Waals surface area contributed by atoms with Crippen molar-refractivity contribution < 1.29 is 4.79 Å². The summed E-state index contributed by atoms with van der Waals surface area (Å²) >= 11 is 0. The first-order valence-electron chi connectivity index (χ1n) is 10.9. The number of hydrogen-bond acceptors (Lipinski definition) is 2. The molecule has 4 aromatic rings. The number of carbonyl (C=O) groups excluding carboxylic acids is 1. The number of para-hydroxylation sites is 2. The van der Waals surface area contributed by atoms with Gasteiger partial charge in [0.1, 0.15) is 5.82 Å². The average molecular weight is 400 g/mol. The van der Waals surface area contributed by atoms with Crippen molar-refractivity contribution in [2.24, 2.45) is 0 Å². The minimum Gasteiger partial charge on any atom is -0.356 e. The highest BCUT2D eigenvalue weighted by Crippen LogP contribution is 2.24. The maximum absolute atomic E-state index is 11.4. The Morgan fingerprint density at radius 2 is 1.73 bits per heavy atom. The third-order valence-corrected chi connectivity index (χ3v) is 5.66. The minimum atomic E-state index is 0.131. The van der Waals surface area contributed by atoms with Crippen molar-refractivity contribution in [3.8, 4) is 0 Å². The summed E-state index contributed by atoms with van der Waals surface area (Å²) in [6, 6.07) is 23.5. The van der Waals surface area contributed by atoms with E-state index in [1.54, 1.807) is 0 Å². The van der Waals surface area contributed by atoms with E-state index in [1.807, 2.05) is 6.92 Å². The van der Waals surface area contributed by atoms with Gasteiger partial charge in [-0.15, -0.1) is 0 Å². The second-order valence-corrected chi connectivity index (χ2v) is 7.76. The van der Waals surface area contributed by atoms with Crippen molar-refractivity contribution in [2.45, 2.75) is 45.6 Å². The molecule has 1 heterocycles. The van der Waals surface area contributed by atoms with Crippen LogP contribution in [0.3, 0.4) is 0 Å². The van der Waals surface area contributed by atoms with Gasteiger partial charge in [0.05, 0.1) is 11.0 Å². The fourth-order valence-corrected chi connectivity index (χ4v) is 4.03. The lowest BCUT2D eigenvalue weighted by molar-refractivity contribution is -0.120. The number of benzene rings is 3. The molecular formula is C26H29N3O. The Bertz CT molecular complexity index is 1140. The first-order chi connectivity index (χ1) is 14.8. The van der Waals surface area contributed by atoms with E-state index in [1.165, 1.54) is 21.9 Å². The molecule has 4 rings (SSSR count). The lowest BCUT2D eigenvalue weighted by Crippen LogP contribution is -2.23. The molecule has 1 aromatic heterocycles. The predicted molar refractivity (Wildman–Crippen MR) is 124 cm³/mol. The standard InChI is InChI=1S/C26H29N3O/c1-2-26(30)27-18-9-3-4-17-25-28-23-15-7-8-16-24(23)29(25)19-21-13-10-12-20-11-5-6-14-22(20)21/h5-8,10-16H,2-4,9,17-19H2,1H3,(H,27,30). The number of hydrogen-bond donors (Lipinski definition) is 1. The summed E-state index contributed by atoms with van der Waals surface area (Å²) in [5.41, 5.74) is 3.57. The van der Waals surface area contributed by atoms with E-state index in [9.17, 15) is 4.79 Å². The van der Waals surface area contributed by atoms with Crippen LogP contribution in [-0.2, 0) is 17.8 Å². The normalized spacial score (nSPS) is 11.2. The molecule has 3 aromatic carbocycles. The maximum Gasteiger partial charge on any atom is 0.219 e. The van der Waals surface area contributed by atoms with Crippen LogP contribution in [0.1, 0.15) is 44.0 Å². The molecule has 0 aliphatic heterocycles. The van der Waals surface area contributed by atoms with Crippen LogP contribution in [0, 0.1) is 0 Å². The van der Waals surface area contributed by atoms with E-state index >= 15 is 0 Å². The molecular weight excluding hydrogens is 370 g/mol. The minimum absolute atomic E-state index is 0.131. The van der Waals surface area contributed by atoms with Crippen LogP contribution in [0.25, 0.3) is 21.8 Å². The third-order valence-electron chi connectivity index (χ3n) is 5.66. The van der Waals surface area contributed by atoms with E-state index in [4.69, 9.17) is 4.98 Å². The number of carbonyl (C=O) groups is 1.